The van der Waals surface area contributed by atoms with Crippen molar-refractivity contribution in [2.45, 2.75) is 26.2 Å². The van der Waals surface area contributed by atoms with Crippen molar-refractivity contribution in [2.75, 3.05) is 13.2 Å². The van der Waals surface area contributed by atoms with E-state index < -0.39 is 0 Å². The number of hydrogen-bond acceptors (Lipinski definition) is 2. The molecule has 0 spiro atoms. The highest BCUT2D eigenvalue weighted by Crippen LogP contribution is 2.25. The Morgan fingerprint density at radius 1 is 1.09 bits per heavy atom. The second-order valence-electron chi connectivity index (χ2n) is 5.75. The highest BCUT2D eigenvalue weighted by Gasteiger charge is 2.11. The van der Waals surface area contributed by atoms with Crippen molar-refractivity contribution >= 4 is 5.91 Å². The SMILES string of the molecule is Cc1ccc(C(=O)NCCOc2ccc3c(c2)CCC3)cc1. The van der Waals surface area contributed by atoms with Gasteiger partial charge < -0.3 is 10.1 Å². The van der Waals surface area contributed by atoms with Crippen LogP contribution in [0.2, 0.25) is 0 Å². The molecular weight excluding hydrogens is 274 g/mol. The number of carbonyl (C=O) groups is 1. The van der Waals surface area contributed by atoms with E-state index in [0.717, 1.165) is 17.7 Å². The van der Waals surface area contributed by atoms with Crippen LogP contribution < -0.4 is 10.1 Å². The zero-order chi connectivity index (χ0) is 15.4. The first-order valence-corrected chi connectivity index (χ1v) is 7.82. The molecule has 0 radical (unpaired) electrons. The third-order valence-electron chi connectivity index (χ3n) is 4.04. The molecule has 22 heavy (non-hydrogen) atoms. The molecule has 114 valence electrons. The van der Waals surface area contributed by atoms with Gasteiger partial charge in [-0.3, -0.25) is 4.79 Å². The number of benzene rings is 2. The zero-order valence-electron chi connectivity index (χ0n) is 12.9. The van der Waals surface area contributed by atoms with Gasteiger partial charge in [-0.15, -0.1) is 0 Å². The zero-order valence-corrected chi connectivity index (χ0v) is 12.9. The van der Waals surface area contributed by atoms with Crippen molar-refractivity contribution in [2.24, 2.45) is 0 Å². The van der Waals surface area contributed by atoms with Crippen LogP contribution in [0.5, 0.6) is 5.75 Å². The molecule has 0 heterocycles. The molecule has 1 N–H and O–H groups in total. The molecule has 3 heteroatoms. The van der Waals surface area contributed by atoms with Gasteiger partial charge in [-0.05, 0) is 61.6 Å². The van der Waals surface area contributed by atoms with Gasteiger partial charge in [0.1, 0.15) is 12.4 Å². The summed E-state index contributed by atoms with van der Waals surface area (Å²) in [6.07, 6.45) is 3.57. The van der Waals surface area contributed by atoms with E-state index in [0.29, 0.717) is 18.7 Å². The van der Waals surface area contributed by atoms with Gasteiger partial charge in [0.25, 0.3) is 5.91 Å². The van der Waals surface area contributed by atoms with E-state index in [1.54, 1.807) is 0 Å². The number of rotatable bonds is 5. The van der Waals surface area contributed by atoms with Crippen molar-refractivity contribution in [1.82, 2.24) is 5.32 Å². The Morgan fingerprint density at radius 2 is 1.86 bits per heavy atom. The summed E-state index contributed by atoms with van der Waals surface area (Å²) in [5.41, 5.74) is 4.68. The summed E-state index contributed by atoms with van der Waals surface area (Å²) in [5, 5.41) is 2.88. The van der Waals surface area contributed by atoms with Crippen LogP contribution in [0.15, 0.2) is 42.5 Å². The molecule has 3 nitrogen and oxygen atoms in total. The minimum atomic E-state index is -0.0578. The van der Waals surface area contributed by atoms with Crippen LogP contribution >= 0.6 is 0 Å². The highest BCUT2D eigenvalue weighted by atomic mass is 16.5. The summed E-state index contributed by atoms with van der Waals surface area (Å²) < 4.78 is 5.72. The monoisotopic (exact) mass is 295 g/mol. The summed E-state index contributed by atoms with van der Waals surface area (Å²) in [7, 11) is 0. The van der Waals surface area contributed by atoms with Crippen molar-refractivity contribution in [3.63, 3.8) is 0 Å². The number of ether oxygens (including phenoxy) is 1. The molecule has 0 saturated heterocycles. The first-order chi connectivity index (χ1) is 10.7. The maximum absolute atomic E-state index is 12.0. The van der Waals surface area contributed by atoms with Crippen LogP contribution in [0.1, 0.15) is 33.5 Å². The van der Waals surface area contributed by atoms with Crippen LogP contribution in [-0.4, -0.2) is 19.1 Å². The van der Waals surface area contributed by atoms with E-state index in [9.17, 15) is 4.79 Å². The van der Waals surface area contributed by atoms with Crippen LogP contribution in [0.25, 0.3) is 0 Å². The Labute approximate surface area is 131 Å². The largest absolute Gasteiger partial charge is 0.492 e. The molecule has 0 unspecified atom stereocenters. The fourth-order valence-corrected chi connectivity index (χ4v) is 2.78. The summed E-state index contributed by atoms with van der Waals surface area (Å²) >= 11 is 0. The highest BCUT2D eigenvalue weighted by molar-refractivity contribution is 5.94. The molecule has 0 atom stereocenters. The summed E-state index contributed by atoms with van der Waals surface area (Å²) in [4.78, 5) is 12.0. The van der Waals surface area contributed by atoms with Crippen molar-refractivity contribution < 1.29 is 9.53 Å². The number of amides is 1. The Bertz CT molecular complexity index is 662. The van der Waals surface area contributed by atoms with Crippen molar-refractivity contribution in [3.8, 4) is 5.75 Å². The van der Waals surface area contributed by atoms with Gasteiger partial charge in [-0.25, -0.2) is 0 Å². The molecule has 3 rings (SSSR count). The second kappa shape index (κ2) is 6.65. The predicted molar refractivity (Wildman–Crippen MR) is 87.5 cm³/mol. The lowest BCUT2D eigenvalue weighted by Crippen LogP contribution is -2.28. The maximum atomic E-state index is 12.0. The number of nitrogens with one attached hydrogen (secondary N) is 1. The maximum Gasteiger partial charge on any atom is 0.251 e. The second-order valence-corrected chi connectivity index (χ2v) is 5.75. The number of carbonyl (C=O) groups excluding carboxylic acids is 1. The van der Waals surface area contributed by atoms with Crippen molar-refractivity contribution in [1.29, 1.82) is 0 Å². The van der Waals surface area contributed by atoms with Crippen LogP contribution in [-0.2, 0) is 12.8 Å². The van der Waals surface area contributed by atoms with E-state index in [1.807, 2.05) is 37.3 Å². The van der Waals surface area contributed by atoms with Crippen LogP contribution in [0.3, 0.4) is 0 Å². The van der Waals surface area contributed by atoms with Crippen LogP contribution in [0, 0.1) is 6.92 Å². The summed E-state index contributed by atoms with van der Waals surface area (Å²) in [5.74, 6) is 0.836. The summed E-state index contributed by atoms with van der Waals surface area (Å²) in [6.45, 7) is 2.99. The Balaban J connectivity index is 1.45. The molecule has 1 amide bonds. The molecule has 0 aliphatic heterocycles. The molecule has 0 aromatic heterocycles. The first kappa shape index (κ1) is 14.6. The molecule has 0 fully saturated rings. The van der Waals surface area contributed by atoms with Gasteiger partial charge in [0.05, 0.1) is 6.54 Å². The predicted octanol–water partition coefficient (Wildman–Crippen LogP) is 3.29. The average Bonchev–Trinajstić information content (AvgIpc) is 2.99. The number of fused-ring (bicyclic) bond motifs is 1. The van der Waals surface area contributed by atoms with Gasteiger partial charge in [0.15, 0.2) is 0 Å². The quantitative estimate of drug-likeness (QED) is 0.860. The smallest absolute Gasteiger partial charge is 0.251 e. The lowest BCUT2D eigenvalue weighted by molar-refractivity contribution is 0.0947. The standard InChI is InChI=1S/C19H21NO2/c1-14-5-7-16(8-6-14)19(21)20-11-12-22-18-10-9-15-3-2-4-17(15)13-18/h5-10,13H,2-4,11-12H2,1H3,(H,20,21). The van der Waals surface area contributed by atoms with Gasteiger partial charge in [-0.2, -0.15) is 0 Å². The molecule has 0 bridgehead atoms. The van der Waals surface area contributed by atoms with Gasteiger partial charge in [-0.1, -0.05) is 23.8 Å². The number of hydrogen-bond donors (Lipinski definition) is 1. The van der Waals surface area contributed by atoms with Crippen molar-refractivity contribution in [3.05, 3.63) is 64.7 Å². The molecule has 2 aromatic rings. The van der Waals surface area contributed by atoms with Gasteiger partial charge in [0, 0.05) is 5.56 Å². The minimum absolute atomic E-state index is 0.0578. The lowest BCUT2D eigenvalue weighted by atomic mass is 10.1. The number of aryl methyl sites for hydroxylation is 3. The lowest BCUT2D eigenvalue weighted by Gasteiger charge is -2.09. The Hall–Kier alpha value is -2.29. The van der Waals surface area contributed by atoms with Gasteiger partial charge >= 0.3 is 0 Å². The fourth-order valence-electron chi connectivity index (χ4n) is 2.78. The third-order valence-corrected chi connectivity index (χ3v) is 4.04. The fraction of sp³-hybridized carbons (Fsp3) is 0.316. The first-order valence-electron chi connectivity index (χ1n) is 7.82. The summed E-state index contributed by atoms with van der Waals surface area (Å²) in [6, 6.07) is 13.9. The molecule has 1 aliphatic rings. The topological polar surface area (TPSA) is 38.3 Å². The Kier molecular flexibility index (Phi) is 4.42. The van der Waals surface area contributed by atoms with E-state index in [4.69, 9.17) is 4.74 Å². The van der Waals surface area contributed by atoms with E-state index in [2.05, 4.69) is 17.4 Å². The van der Waals surface area contributed by atoms with E-state index in [-0.39, 0.29) is 5.91 Å². The Morgan fingerprint density at radius 3 is 2.68 bits per heavy atom. The third kappa shape index (κ3) is 3.48. The molecule has 1 aliphatic carbocycles. The molecular formula is C19H21NO2. The van der Waals surface area contributed by atoms with E-state index >= 15 is 0 Å². The van der Waals surface area contributed by atoms with Crippen LogP contribution in [0.4, 0.5) is 0 Å². The normalized spacial score (nSPS) is 12.8. The van der Waals surface area contributed by atoms with Gasteiger partial charge in [0.2, 0.25) is 0 Å². The molecule has 0 saturated carbocycles. The minimum Gasteiger partial charge on any atom is -0.492 e. The van der Waals surface area contributed by atoms with E-state index in [1.165, 1.54) is 24.0 Å². The molecule has 2 aromatic carbocycles. The average molecular weight is 295 g/mol.